The molecule has 30 heavy (non-hydrogen) atoms. The number of para-hydroxylation sites is 1. The minimum absolute atomic E-state index is 0.273. The summed E-state index contributed by atoms with van der Waals surface area (Å²) in [6.07, 6.45) is -4.80. The molecule has 0 bridgehead atoms. The number of esters is 1. The first-order valence-electron chi connectivity index (χ1n) is 7.79. The van der Waals surface area contributed by atoms with Gasteiger partial charge in [0.05, 0.1) is 26.7 Å². The van der Waals surface area contributed by atoms with Gasteiger partial charge in [-0.15, -0.1) is 0 Å². The minimum Gasteiger partial charge on any atom is -0.452 e. The van der Waals surface area contributed by atoms with Gasteiger partial charge in [-0.1, -0.05) is 17.7 Å². The van der Waals surface area contributed by atoms with E-state index < -0.39 is 56.4 Å². The van der Waals surface area contributed by atoms with Gasteiger partial charge >= 0.3 is 17.9 Å². The summed E-state index contributed by atoms with van der Waals surface area (Å²) in [4.78, 5) is 23.0. The fourth-order valence-corrected chi connectivity index (χ4v) is 3.10. The lowest BCUT2D eigenvalue weighted by Crippen LogP contribution is -2.23. The summed E-state index contributed by atoms with van der Waals surface area (Å²) >= 11 is 5.69. The number of carbonyl (C=O) groups excluding carboxylic acids is 2. The smallest absolute Gasteiger partial charge is 0.418 e. The van der Waals surface area contributed by atoms with Gasteiger partial charge in [0.2, 0.25) is 9.84 Å². The Balaban J connectivity index is 2.05. The maximum Gasteiger partial charge on any atom is 0.418 e. The molecule has 2 aromatic rings. The molecule has 13 heteroatoms. The Kier molecular flexibility index (Phi) is 7.03. The molecule has 162 valence electrons. The zero-order valence-electron chi connectivity index (χ0n) is 14.5. The molecule has 0 spiro atoms. The van der Waals surface area contributed by atoms with E-state index in [1.165, 1.54) is 0 Å². The maximum absolute atomic E-state index is 13.0. The normalized spacial score (nSPS) is 12.0. The number of alkyl halides is 5. The average molecular weight is 472 g/mol. The van der Waals surface area contributed by atoms with Gasteiger partial charge in [0, 0.05) is 0 Å². The van der Waals surface area contributed by atoms with E-state index in [1.807, 2.05) is 5.32 Å². The quantitative estimate of drug-likeness (QED) is 0.505. The van der Waals surface area contributed by atoms with E-state index in [2.05, 4.69) is 4.74 Å². The molecule has 0 heterocycles. The molecule has 0 aliphatic rings. The van der Waals surface area contributed by atoms with Crippen molar-refractivity contribution in [1.29, 1.82) is 0 Å². The van der Waals surface area contributed by atoms with Crippen molar-refractivity contribution in [1.82, 2.24) is 0 Å². The van der Waals surface area contributed by atoms with Crippen LogP contribution in [0.3, 0.4) is 0 Å². The highest BCUT2D eigenvalue weighted by Gasteiger charge is 2.35. The lowest BCUT2D eigenvalue weighted by molar-refractivity contribution is -0.137. The van der Waals surface area contributed by atoms with E-state index >= 15 is 0 Å². The summed E-state index contributed by atoms with van der Waals surface area (Å²) in [5, 5.41) is 1.51. The van der Waals surface area contributed by atoms with Crippen molar-refractivity contribution in [3.8, 4) is 0 Å². The first-order chi connectivity index (χ1) is 13.8. The maximum atomic E-state index is 13.0. The summed E-state index contributed by atoms with van der Waals surface area (Å²) in [7, 11) is -4.85. The highest BCUT2D eigenvalue weighted by Crippen LogP contribution is 2.38. The molecule has 2 aromatic carbocycles. The molecule has 0 fully saturated rings. The molecule has 0 aromatic heterocycles. The van der Waals surface area contributed by atoms with Crippen LogP contribution in [0.1, 0.15) is 15.9 Å². The molecule has 2 rings (SSSR count). The van der Waals surface area contributed by atoms with Gasteiger partial charge in [-0.2, -0.15) is 22.0 Å². The van der Waals surface area contributed by atoms with Crippen LogP contribution in [0.15, 0.2) is 47.4 Å². The number of nitrogens with one attached hydrogen (secondary N) is 1. The number of halogens is 6. The molecule has 0 radical (unpaired) electrons. The summed E-state index contributed by atoms with van der Waals surface area (Å²) in [5.41, 5.74) is -2.19. The standard InChI is InChI=1S/C17H11ClF5NO5S/c18-12-3-1-2-11(17(21,22)23)14(12)24-13(25)8-29-15(26)9-4-6-10(7-5-9)30(27,28)16(19)20/h1-7,16H,8H2,(H,24,25). The van der Waals surface area contributed by atoms with Crippen molar-refractivity contribution in [3.63, 3.8) is 0 Å². The first kappa shape index (κ1) is 23.5. The van der Waals surface area contributed by atoms with E-state index in [1.54, 1.807) is 0 Å². The molecule has 1 N–H and O–H groups in total. The average Bonchev–Trinajstić information content (AvgIpc) is 2.66. The van der Waals surface area contributed by atoms with Crippen LogP contribution < -0.4 is 5.32 Å². The van der Waals surface area contributed by atoms with Crippen LogP contribution in [0.25, 0.3) is 0 Å². The van der Waals surface area contributed by atoms with Gasteiger partial charge in [0.25, 0.3) is 5.91 Å². The highest BCUT2D eigenvalue weighted by molar-refractivity contribution is 7.91. The monoisotopic (exact) mass is 471 g/mol. The van der Waals surface area contributed by atoms with Crippen LogP contribution >= 0.6 is 11.6 Å². The topological polar surface area (TPSA) is 89.5 Å². The number of hydrogen-bond acceptors (Lipinski definition) is 5. The molecule has 0 aliphatic heterocycles. The van der Waals surface area contributed by atoms with Gasteiger partial charge < -0.3 is 10.1 Å². The number of ether oxygens (including phenoxy) is 1. The number of carbonyl (C=O) groups is 2. The Hall–Kier alpha value is -2.73. The number of anilines is 1. The van der Waals surface area contributed by atoms with Gasteiger partial charge in [0.15, 0.2) is 6.61 Å². The van der Waals surface area contributed by atoms with E-state index in [-0.39, 0.29) is 10.6 Å². The van der Waals surface area contributed by atoms with Gasteiger partial charge in [0.1, 0.15) is 0 Å². The number of sulfone groups is 1. The van der Waals surface area contributed by atoms with Crippen molar-refractivity contribution in [2.24, 2.45) is 0 Å². The van der Waals surface area contributed by atoms with Crippen molar-refractivity contribution in [2.75, 3.05) is 11.9 Å². The third-order valence-electron chi connectivity index (χ3n) is 3.57. The van der Waals surface area contributed by atoms with Crippen molar-refractivity contribution < 1.29 is 44.7 Å². The Morgan fingerprint density at radius 1 is 1.07 bits per heavy atom. The Bertz CT molecular complexity index is 1060. The van der Waals surface area contributed by atoms with Crippen molar-refractivity contribution in [2.45, 2.75) is 16.8 Å². The fraction of sp³-hybridized carbons (Fsp3) is 0.176. The fourth-order valence-electron chi connectivity index (χ4n) is 2.16. The summed E-state index contributed by atoms with van der Waals surface area (Å²) in [6, 6.07) is 6.11. The third kappa shape index (κ3) is 5.45. The van der Waals surface area contributed by atoms with Gasteiger partial charge in [-0.25, -0.2) is 13.2 Å². The zero-order valence-corrected chi connectivity index (χ0v) is 16.1. The summed E-state index contributed by atoms with van der Waals surface area (Å²) in [5.74, 6) is -5.91. The second-order valence-corrected chi connectivity index (χ2v) is 7.94. The molecule has 0 atom stereocenters. The SMILES string of the molecule is O=C(COC(=O)c1ccc(S(=O)(=O)C(F)F)cc1)Nc1c(Cl)cccc1C(F)(F)F. The van der Waals surface area contributed by atoms with Crippen molar-refractivity contribution in [3.05, 3.63) is 58.6 Å². The zero-order chi connectivity index (χ0) is 22.7. The molecular formula is C17H11ClF5NO5S. The molecule has 6 nitrogen and oxygen atoms in total. The van der Waals surface area contributed by atoms with E-state index in [9.17, 15) is 40.0 Å². The van der Waals surface area contributed by atoms with E-state index in [4.69, 9.17) is 11.6 Å². The Labute approximate surface area is 171 Å². The van der Waals surface area contributed by atoms with Crippen LogP contribution in [-0.4, -0.2) is 32.7 Å². The van der Waals surface area contributed by atoms with Crippen LogP contribution in [0.4, 0.5) is 27.6 Å². The van der Waals surface area contributed by atoms with E-state index in [0.29, 0.717) is 6.07 Å². The lowest BCUT2D eigenvalue weighted by atomic mass is 10.1. The van der Waals surface area contributed by atoms with Crippen LogP contribution in [0.2, 0.25) is 5.02 Å². The van der Waals surface area contributed by atoms with Crippen LogP contribution in [0.5, 0.6) is 0 Å². The second-order valence-electron chi connectivity index (χ2n) is 5.61. The number of hydrogen-bond donors (Lipinski definition) is 1. The largest absolute Gasteiger partial charge is 0.452 e. The predicted molar refractivity (Wildman–Crippen MR) is 95.0 cm³/mol. The molecule has 0 saturated carbocycles. The summed E-state index contributed by atoms with van der Waals surface area (Å²) < 4.78 is 91.2. The van der Waals surface area contributed by atoms with Gasteiger partial charge in [-0.05, 0) is 36.4 Å². The number of amides is 1. The van der Waals surface area contributed by atoms with Crippen LogP contribution in [-0.2, 0) is 25.5 Å². The first-order valence-corrected chi connectivity index (χ1v) is 9.71. The van der Waals surface area contributed by atoms with E-state index in [0.717, 1.165) is 36.4 Å². The Morgan fingerprint density at radius 2 is 1.67 bits per heavy atom. The van der Waals surface area contributed by atoms with Crippen molar-refractivity contribution >= 4 is 39.0 Å². The highest BCUT2D eigenvalue weighted by atomic mass is 35.5. The third-order valence-corrected chi connectivity index (χ3v) is 5.28. The number of rotatable bonds is 6. The molecule has 0 unspecified atom stereocenters. The summed E-state index contributed by atoms with van der Waals surface area (Å²) in [6.45, 7) is -0.988. The second kappa shape index (κ2) is 8.96. The lowest BCUT2D eigenvalue weighted by Gasteiger charge is -2.15. The van der Waals surface area contributed by atoms with Crippen LogP contribution in [0, 0.1) is 0 Å². The molecule has 0 aliphatic carbocycles. The molecule has 0 saturated heterocycles. The molecular weight excluding hydrogens is 461 g/mol. The number of benzene rings is 2. The minimum atomic E-state index is -4.85. The predicted octanol–water partition coefficient (Wildman–Crippen LogP) is 4.15. The Morgan fingerprint density at radius 3 is 2.20 bits per heavy atom. The van der Waals surface area contributed by atoms with Gasteiger partial charge in [-0.3, -0.25) is 4.79 Å². The molecule has 1 amide bonds.